The molecule has 0 unspecified atom stereocenters. The summed E-state index contributed by atoms with van der Waals surface area (Å²) in [5.74, 6) is 0.908. The number of para-hydroxylation sites is 1. The molecule has 4 nitrogen and oxygen atoms in total. The highest BCUT2D eigenvalue weighted by atomic mass is 15.5. The van der Waals surface area contributed by atoms with E-state index in [0.29, 0.717) is 0 Å². The van der Waals surface area contributed by atoms with E-state index in [0.717, 1.165) is 37.6 Å². The van der Waals surface area contributed by atoms with Gasteiger partial charge in [-0.1, -0.05) is 18.2 Å². The highest BCUT2D eigenvalue weighted by Gasteiger charge is 2.14. The fraction of sp³-hybridized carbons (Fsp3) is 0.429. The summed E-state index contributed by atoms with van der Waals surface area (Å²) in [6, 6.07) is 10.2. The van der Waals surface area contributed by atoms with Crippen LogP contribution < -0.4 is 5.01 Å². The van der Waals surface area contributed by atoms with Crippen LogP contribution >= 0.6 is 0 Å². The first-order valence-electron chi connectivity index (χ1n) is 6.51. The molecule has 0 spiro atoms. The summed E-state index contributed by atoms with van der Waals surface area (Å²) >= 11 is 0. The van der Waals surface area contributed by atoms with Gasteiger partial charge in [0.05, 0.1) is 12.0 Å². The van der Waals surface area contributed by atoms with E-state index in [9.17, 15) is 0 Å². The van der Waals surface area contributed by atoms with E-state index in [1.165, 1.54) is 0 Å². The van der Waals surface area contributed by atoms with Crippen molar-refractivity contribution in [2.45, 2.75) is 20.3 Å². The molecule has 1 aliphatic rings. The van der Waals surface area contributed by atoms with Crippen LogP contribution in [0.5, 0.6) is 0 Å². The molecule has 0 atom stereocenters. The zero-order valence-electron chi connectivity index (χ0n) is 11.1. The molecule has 1 aromatic rings. The van der Waals surface area contributed by atoms with Crippen LogP contribution in [0.15, 0.2) is 40.4 Å². The summed E-state index contributed by atoms with van der Waals surface area (Å²) in [4.78, 5) is 6.61. The predicted molar refractivity (Wildman–Crippen MR) is 77.3 cm³/mol. The summed E-state index contributed by atoms with van der Waals surface area (Å²) in [7, 11) is 0. The van der Waals surface area contributed by atoms with Crippen molar-refractivity contribution >= 4 is 17.9 Å². The Morgan fingerprint density at radius 2 is 2.00 bits per heavy atom. The van der Waals surface area contributed by atoms with E-state index in [-0.39, 0.29) is 0 Å². The lowest BCUT2D eigenvalue weighted by atomic mass is 10.3. The van der Waals surface area contributed by atoms with E-state index in [1.54, 1.807) is 0 Å². The smallest absolute Gasteiger partial charge is 0.152 e. The van der Waals surface area contributed by atoms with Gasteiger partial charge in [-0.25, -0.2) is 4.99 Å². The third kappa shape index (κ3) is 3.09. The molecule has 1 aliphatic heterocycles. The lowest BCUT2D eigenvalue weighted by Crippen LogP contribution is -2.21. The molecule has 18 heavy (non-hydrogen) atoms. The van der Waals surface area contributed by atoms with Crippen LogP contribution in [-0.2, 0) is 0 Å². The van der Waals surface area contributed by atoms with Gasteiger partial charge in [0.25, 0.3) is 0 Å². The van der Waals surface area contributed by atoms with E-state index in [1.807, 2.05) is 29.5 Å². The fourth-order valence-electron chi connectivity index (χ4n) is 1.86. The topological polar surface area (TPSA) is 31.2 Å². The Morgan fingerprint density at radius 1 is 1.28 bits per heavy atom. The van der Waals surface area contributed by atoms with Crippen molar-refractivity contribution in [3.8, 4) is 0 Å². The summed E-state index contributed by atoms with van der Waals surface area (Å²) < 4.78 is 0. The van der Waals surface area contributed by atoms with E-state index in [2.05, 4.69) is 41.0 Å². The average Bonchev–Trinajstić information content (AvgIpc) is 2.90. The average molecular weight is 244 g/mol. The highest BCUT2D eigenvalue weighted by Crippen LogP contribution is 2.18. The molecule has 1 heterocycles. The largest absolute Gasteiger partial charge is 0.363 e. The van der Waals surface area contributed by atoms with Crippen LogP contribution in [0.25, 0.3) is 0 Å². The molecule has 0 aliphatic carbocycles. The second kappa shape index (κ2) is 6.19. The number of aliphatic imine (C=N–C) groups is 1. The van der Waals surface area contributed by atoms with Gasteiger partial charge < -0.3 is 4.90 Å². The van der Waals surface area contributed by atoms with Crippen molar-refractivity contribution in [1.29, 1.82) is 0 Å². The first-order valence-corrected chi connectivity index (χ1v) is 6.51. The van der Waals surface area contributed by atoms with Gasteiger partial charge in [-0.3, -0.25) is 5.01 Å². The molecule has 0 aromatic heterocycles. The lowest BCUT2D eigenvalue weighted by Gasteiger charge is -2.13. The number of anilines is 1. The van der Waals surface area contributed by atoms with Crippen molar-refractivity contribution in [2.24, 2.45) is 10.1 Å². The summed E-state index contributed by atoms with van der Waals surface area (Å²) in [5.41, 5.74) is 1.13. The maximum absolute atomic E-state index is 4.52. The van der Waals surface area contributed by atoms with Crippen LogP contribution in [0.3, 0.4) is 0 Å². The van der Waals surface area contributed by atoms with Crippen molar-refractivity contribution in [1.82, 2.24) is 4.90 Å². The number of amidine groups is 1. The zero-order valence-corrected chi connectivity index (χ0v) is 11.1. The van der Waals surface area contributed by atoms with Gasteiger partial charge >= 0.3 is 0 Å². The van der Waals surface area contributed by atoms with Gasteiger partial charge in [-0.2, -0.15) is 5.10 Å². The maximum Gasteiger partial charge on any atom is 0.152 e. The first-order chi connectivity index (χ1) is 8.83. The van der Waals surface area contributed by atoms with E-state index < -0.39 is 0 Å². The predicted octanol–water partition coefficient (Wildman–Crippen LogP) is 2.58. The molecule has 96 valence electrons. The number of benzene rings is 1. The molecule has 4 heteroatoms. The minimum absolute atomic E-state index is 0.908. The van der Waals surface area contributed by atoms with Crippen LogP contribution in [-0.4, -0.2) is 36.7 Å². The minimum Gasteiger partial charge on any atom is -0.363 e. The molecule has 0 saturated carbocycles. The lowest BCUT2D eigenvalue weighted by molar-refractivity contribution is 0.480. The van der Waals surface area contributed by atoms with Crippen LogP contribution in [0.4, 0.5) is 5.69 Å². The van der Waals surface area contributed by atoms with Crippen molar-refractivity contribution in [2.75, 3.05) is 24.6 Å². The zero-order chi connectivity index (χ0) is 12.8. The van der Waals surface area contributed by atoms with Gasteiger partial charge in [0.2, 0.25) is 0 Å². The van der Waals surface area contributed by atoms with Crippen molar-refractivity contribution in [3.05, 3.63) is 30.3 Å². The third-order valence-corrected chi connectivity index (χ3v) is 3.02. The Balaban J connectivity index is 2.00. The Kier molecular flexibility index (Phi) is 4.34. The van der Waals surface area contributed by atoms with Gasteiger partial charge in [0.1, 0.15) is 0 Å². The Hall–Kier alpha value is -1.84. The molecule has 0 radical (unpaired) electrons. The molecule has 0 bridgehead atoms. The van der Waals surface area contributed by atoms with Gasteiger partial charge in [0, 0.05) is 26.1 Å². The summed E-state index contributed by atoms with van der Waals surface area (Å²) in [6.07, 6.45) is 2.81. The second-order valence-electron chi connectivity index (χ2n) is 4.19. The van der Waals surface area contributed by atoms with Crippen LogP contribution in [0.1, 0.15) is 20.3 Å². The molecule has 2 rings (SSSR count). The normalized spacial score (nSPS) is 15.2. The Morgan fingerprint density at radius 3 is 2.67 bits per heavy atom. The Labute approximate surface area is 109 Å². The number of hydrogen-bond acceptors (Lipinski definition) is 3. The van der Waals surface area contributed by atoms with Crippen molar-refractivity contribution < 1.29 is 0 Å². The monoisotopic (exact) mass is 244 g/mol. The highest BCUT2D eigenvalue weighted by molar-refractivity contribution is 5.91. The molecule has 1 aromatic carbocycles. The molecule has 0 amide bonds. The van der Waals surface area contributed by atoms with Crippen molar-refractivity contribution in [3.63, 3.8) is 0 Å². The maximum atomic E-state index is 4.52. The SMILES string of the molecule is CCN(C=NC1=NN(c2ccccc2)CC1)CC. The third-order valence-electron chi connectivity index (χ3n) is 3.02. The quantitative estimate of drug-likeness (QED) is 0.602. The van der Waals surface area contributed by atoms with Gasteiger partial charge in [0.15, 0.2) is 5.84 Å². The minimum atomic E-state index is 0.908. The fourth-order valence-corrected chi connectivity index (χ4v) is 1.86. The molecular weight excluding hydrogens is 224 g/mol. The van der Waals surface area contributed by atoms with E-state index in [4.69, 9.17) is 0 Å². The molecule has 0 N–H and O–H groups in total. The molecule has 0 saturated heterocycles. The summed E-state index contributed by atoms with van der Waals surface area (Å²) in [6.45, 7) is 7.13. The number of nitrogens with zero attached hydrogens (tertiary/aromatic N) is 4. The summed E-state index contributed by atoms with van der Waals surface area (Å²) in [5, 5.41) is 6.53. The van der Waals surface area contributed by atoms with Crippen LogP contribution in [0.2, 0.25) is 0 Å². The second-order valence-corrected chi connectivity index (χ2v) is 4.19. The van der Waals surface area contributed by atoms with Gasteiger partial charge in [-0.05, 0) is 26.0 Å². The molecule has 0 fully saturated rings. The number of hydrogen-bond donors (Lipinski definition) is 0. The Bertz CT molecular complexity index is 421. The first kappa shape index (κ1) is 12.6. The number of rotatable bonds is 4. The molecular formula is C14H20N4. The van der Waals surface area contributed by atoms with Crippen LogP contribution in [0, 0.1) is 0 Å². The van der Waals surface area contributed by atoms with E-state index >= 15 is 0 Å². The standard InChI is InChI=1S/C14H20N4/c1-3-17(4-2)12-15-14-10-11-18(16-14)13-8-6-5-7-9-13/h5-9,12H,3-4,10-11H2,1-2H3. The number of hydrazone groups is 1. The van der Waals surface area contributed by atoms with Gasteiger partial charge in [-0.15, -0.1) is 0 Å².